The monoisotopic (exact) mass is 878 g/mol. The summed E-state index contributed by atoms with van der Waals surface area (Å²) in [5.41, 5.74) is 14.4. The van der Waals surface area contributed by atoms with E-state index in [2.05, 4.69) is 107 Å². The summed E-state index contributed by atoms with van der Waals surface area (Å²) in [5, 5.41) is 25.7. The molecule has 5 aromatic rings. The second kappa shape index (κ2) is 23.4. The lowest BCUT2D eigenvalue weighted by Crippen LogP contribution is -2.05. The fourth-order valence-corrected chi connectivity index (χ4v) is 11.7. The summed E-state index contributed by atoms with van der Waals surface area (Å²) in [4.78, 5) is 10.2. The van der Waals surface area contributed by atoms with Crippen molar-refractivity contribution in [1.29, 1.82) is 10.5 Å². The van der Waals surface area contributed by atoms with Crippen LogP contribution in [0.4, 0.5) is 0 Å². The Balaban J connectivity index is 1.39. The zero-order chi connectivity index (χ0) is 44.7. The lowest BCUT2D eigenvalue weighted by Gasteiger charge is -2.23. The van der Waals surface area contributed by atoms with Crippen LogP contribution in [0.25, 0.3) is 64.0 Å². The van der Waals surface area contributed by atoms with E-state index in [4.69, 9.17) is 13.1 Å². The van der Waals surface area contributed by atoms with Crippen LogP contribution in [0.3, 0.4) is 0 Å². The van der Waals surface area contributed by atoms with Crippen molar-refractivity contribution in [2.45, 2.75) is 155 Å². The van der Waals surface area contributed by atoms with E-state index in [-0.39, 0.29) is 11.4 Å². The van der Waals surface area contributed by atoms with E-state index in [1.165, 1.54) is 103 Å². The average Bonchev–Trinajstić information content (AvgIpc) is 4.16. The fourth-order valence-electron chi connectivity index (χ4n) is 10.2. The number of hydrogen-bond acceptors (Lipinski definition) is 4. The summed E-state index contributed by atoms with van der Waals surface area (Å²) in [5.74, 6) is 0. The van der Waals surface area contributed by atoms with Crippen LogP contribution in [-0.2, 0) is 12.8 Å². The highest BCUT2D eigenvalue weighted by Crippen LogP contribution is 2.59. The molecule has 2 aliphatic rings. The quantitative estimate of drug-likeness (QED) is 0.0345. The van der Waals surface area contributed by atoms with Gasteiger partial charge in [-0.15, -0.1) is 22.7 Å². The van der Waals surface area contributed by atoms with Gasteiger partial charge in [-0.3, -0.25) is 0 Å². The SMILES string of the molecule is [C-]#[N+]/C(C#N)=C1/c2cc(-c3cccs3)ccc2-c2c(CCCCCCCCCCCC)c3c(c(CCCCCCCCCCCC)c21)-c1ccc(-c2cccs2)cc1/C3=C(/C#N)[N+]#[C-]. The molecule has 0 fully saturated rings. The van der Waals surface area contributed by atoms with Gasteiger partial charge in [0.2, 0.25) is 0 Å². The molecule has 3 aromatic carbocycles. The van der Waals surface area contributed by atoms with Gasteiger partial charge in [0.25, 0.3) is 11.4 Å². The van der Waals surface area contributed by atoms with Crippen molar-refractivity contribution in [1.82, 2.24) is 0 Å². The Morgan fingerprint density at radius 3 is 1.14 bits per heavy atom. The van der Waals surface area contributed by atoms with E-state index in [9.17, 15) is 10.5 Å². The van der Waals surface area contributed by atoms with E-state index in [1.54, 1.807) is 22.7 Å². The highest BCUT2D eigenvalue weighted by atomic mass is 32.1. The van der Waals surface area contributed by atoms with Crippen molar-refractivity contribution in [3.05, 3.63) is 139 Å². The first-order valence-electron chi connectivity index (χ1n) is 24.2. The van der Waals surface area contributed by atoms with Gasteiger partial charge in [0, 0.05) is 20.9 Å². The molecule has 0 atom stereocenters. The lowest BCUT2D eigenvalue weighted by atomic mass is 9.81. The van der Waals surface area contributed by atoms with Crippen LogP contribution < -0.4 is 0 Å². The first-order chi connectivity index (χ1) is 31.6. The zero-order valence-corrected chi connectivity index (χ0v) is 39.7. The van der Waals surface area contributed by atoms with Crippen molar-refractivity contribution >= 4 is 33.8 Å². The van der Waals surface area contributed by atoms with Crippen LogP contribution in [0.5, 0.6) is 0 Å². The van der Waals surface area contributed by atoms with Gasteiger partial charge >= 0.3 is 0 Å². The highest BCUT2D eigenvalue weighted by Gasteiger charge is 2.40. The molecule has 0 unspecified atom stereocenters. The van der Waals surface area contributed by atoms with Gasteiger partial charge in [-0.2, -0.15) is 0 Å². The molecule has 2 aromatic heterocycles. The zero-order valence-electron chi connectivity index (χ0n) is 38.1. The van der Waals surface area contributed by atoms with E-state index >= 15 is 0 Å². The van der Waals surface area contributed by atoms with Gasteiger partial charge < -0.3 is 0 Å². The predicted molar refractivity (Wildman–Crippen MR) is 272 cm³/mol. The molecule has 0 spiro atoms. The maximum Gasteiger partial charge on any atom is 0.270 e. The average molecular weight is 879 g/mol. The van der Waals surface area contributed by atoms with Gasteiger partial charge in [-0.1, -0.05) is 166 Å². The van der Waals surface area contributed by atoms with Crippen molar-refractivity contribution in [3.8, 4) is 55.3 Å². The summed E-state index contributed by atoms with van der Waals surface area (Å²) >= 11 is 3.39. The molecule has 0 aliphatic heterocycles. The number of fused-ring (bicyclic) bond motifs is 6. The predicted octanol–water partition coefficient (Wildman–Crippen LogP) is 18.4. The van der Waals surface area contributed by atoms with Crippen LogP contribution in [0.1, 0.15) is 176 Å². The van der Waals surface area contributed by atoms with Crippen LogP contribution >= 0.6 is 22.7 Å². The molecule has 64 heavy (non-hydrogen) atoms. The first-order valence-corrected chi connectivity index (χ1v) is 26.0. The molecule has 0 radical (unpaired) electrons. The summed E-state index contributed by atoms with van der Waals surface area (Å²) < 4.78 is 0. The third kappa shape index (κ3) is 10.2. The molecule has 0 saturated carbocycles. The Hall–Kier alpha value is -5.50. The van der Waals surface area contributed by atoms with Gasteiger partial charge in [-0.25, -0.2) is 20.2 Å². The van der Waals surface area contributed by atoms with Crippen LogP contribution in [0.2, 0.25) is 0 Å². The molecule has 0 saturated heterocycles. The number of nitriles is 2. The van der Waals surface area contributed by atoms with Gasteiger partial charge in [0.15, 0.2) is 0 Å². The number of benzene rings is 3. The van der Waals surface area contributed by atoms with E-state index in [0.29, 0.717) is 0 Å². The van der Waals surface area contributed by atoms with E-state index < -0.39 is 0 Å². The number of rotatable bonds is 24. The second-order valence-electron chi connectivity index (χ2n) is 17.7. The smallest absolute Gasteiger partial charge is 0.226 e. The number of hydrogen-bond donors (Lipinski definition) is 0. The third-order valence-electron chi connectivity index (χ3n) is 13.4. The summed E-state index contributed by atoms with van der Waals surface area (Å²) in [6.45, 7) is 21.4. The lowest BCUT2D eigenvalue weighted by molar-refractivity contribution is 0.556. The van der Waals surface area contributed by atoms with Gasteiger partial charge in [0.05, 0.1) is 25.3 Å². The van der Waals surface area contributed by atoms with E-state index in [1.807, 2.05) is 0 Å². The summed E-state index contributed by atoms with van der Waals surface area (Å²) in [6.07, 6.45) is 26.2. The molecule has 7 rings (SSSR count). The minimum absolute atomic E-state index is 0.124. The molecule has 0 amide bonds. The third-order valence-corrected chi connectivity index (χ3v) is 15.2. The fraction of sp³-hybridized carbons (Fsp3) is 0.414. The molecule has 0 bridgehead atoms. The Labute approximate surface area is 391 Å². The Morgan fingerprint density at radius 1 is 0.469 bits per heavy atom. The Morgan fingerprint density at radius 2 is 0.828 bits per heavy atom. The molecule has 326 valence electrons. The van der Waals surface area contributed by atoms with Crippen molar-refractivity contribution in [2.24, 2.45) is 0 Å². The van der Waals surface area contributed by atoms with Crippen molar-refractivity contribution in [3.63, 3.8) is 0 Å². The summed E-state index contributed by atoms with van der Waals surface area (Å²) in [6, 6.07) is 26.4. The van der Waals surface area contributed by atoms with Gasteiger partial charge in [-0.05, 0) is 127 Å². The molecule has 2 aliphatic carbocycles. The summed E-state index contributed by atoms with van der Waals surface area (Å²) in [7, 11) is 0. The normalized spacial score (nSPS) is 13.6. The highest BCUT2D eigenvalue weighted by molar-refractivity contribution is 7.13. The van der Waals surface area contributed by atoms with Crippen LogP contribution in [0, 0.1) is 35.8 Å². The van der Waals surface area contributed by atoms with Crippen molar-refractivity contribution < 1.29 is 0 Å². The number of unbranched alkanes of at least 4 members (excludes halogenated alkanes) is 18. The number of thiophene rings is 2. The minimum atomic E-state index is 0.124. The van der Waals surface area contributed by atoms with Crippen molar-refractivity contribution in [2.75, 3.05) is 0 Å². The molecule has 2 heterocycles. The van der Waals surface area contributed by atoms with Crippen LogP contribution in [-0.4, -0.2) is 0 Å². The maximum absolute atomic E-state index is 10.8. The largest absolute Gasteiger partial charge is 0.270 e. The minimum Gasteiger partial charge on any atom is -0.226 e. The Kier molecular flexibility index (Phi) is 17.0. The molecular formula is C58H62N4S2. The molecule has 4 nitrogen and oxygen atoms in total. The molecule has 0 N–H and O–H groups in total. The standard InChI is InChI=1S/C58H62N4S2/c1-5-7-9-11-13-15-17-19-21-23-27-45-53-43-33-31-41(51-29-25-35-63-51)37-47(43)56(50(40-60)62-4)58(53)46(28-24-22-20-18-16-14-12-10-8-6-2)54-44-34-32-42(52-30-26-36-64-52)38-48(44)55(57(45)54)49(39-59)61-3/h25-26,29-38H,5-24,27-28H2,1-2H3/b55-49-,56-50+. The number of allylic oxidation sites excluding steroid dienone is 2. The maximum atomic E-state index is 10.8. The van der Waals surface area contributed by atoms with Gasteiger partial charge in [0.1, 0.15) is 0 Å². The van der Waals surface area contributed by atoms with Crippen LogP contribution in [0.15, 0.2) is 82.8 Å². The van der Waals surface area contributed by atoms with E-state index in [0.717, 1.165) is 126 Å². The Bertz CT molecular complexity index is 2410. The topological polar surface area (TPSA) is 56.3 Å². The molecular weight excluding hydrogens is 817 g/mol. The first kappa shape index (κ1) is 46.5. The number of nitrogens with zero attached hydrogens (tertiary/aromatic N) is 4. The molecule has 6 heteroatoms. The second-order valence-corrected chi connectivity index (χ2v) is 19.6.